The van der Waals surface area contributed by atoms with Gasteiger partial charge < -0.3 is 4.98 Å². The molecule has 0 fully saturated rings. The van der Waals surface area contributed by atoms with Crippen LogP contribution in [0.4, 0.5) is 0 Å². The van der Waals surface area contributed by atoms with Crippen LogP contribution in [0.25, 0.3) is 17.0 Å². The molecule has 4 nitrogen and oxygen atoms in total. The van der Waals surface area contributed by atoms with E-state index in [1.807, 2.05) is 73.7 Å². The quantitative estimate of drug-likeness (QED) is 0.555. The first kappa shape index (κ1) is 15.0. The Morgan fingerprint density at radius 3 is 2.52 bits per heavy atom. The Morgan fingerprint density at radius 2 is 1.83 bits per heavy atom. The summed E-state index contributed by atoms with van der Waals surface area (Å²) in [6.45, 7) is 1.88. The molecule has 23 heavy (non-hydrogen) atoms. The molecule has 0 spiro atoms. The van der Waals surface area contributed by atoms with Crippen LogP contribution in [0.5, 0.6) is 0 Å². The molecule has 0 bridgehead atoms. The minimum absolute atomic E-state index is 0.128. The minimum atomic E-state index is -0.280. The van der Waals surface area contributed by atoms with Gasteiger partial charge in [-0.15, -0.1) is 0 Å². The first-order chi connectivity index (χ1) is 11.1. The third kappa shape index (κ3) is 3.31. The number of nitrogens with zero attached hydrogens (tertiary/aromatic N) is 1. The summed E-state index contributed by atoms with van der Waals surface area (Å²) >= 11 is 0. The molecule has 3 rings (SSSR count). The summed E-state index contributed by atoms with van der Waals surface area (Å²) < 4.78 is 0. The summed E-state index contributed by atoms with van der Waals surface area (Å²) in [5.74, 6) is -0.280. The van der Waals surface area contributed by atoms with Gasteiger partial charge in [-0.2, -0.15) is 0 Å². The van der Waals surface area contributed by atoms with E-state index < -0.39 is 0 Å². The van der Waals surface area contributed by atoms with Crippen LogP contribution in [-0.4, -0.2) is 16.5 Å². The molecular formula is C19H18N2O2. The van der Waals surface area contributed by atoms with Crippen molar-refractivity contribution in [3.63, 3.8) is 0 Å². The van der Waals surface area contributed by atoms with E-state index in [9.17, 15) is 10.1 Å². The molecule has 1 atom stereocenters. The predicted molar refractivity (Wildman–Crippen MR) is 93.1 cm³/mol. The number of hydrogen-bond donors (Lipinski definition) is 1. The van der Waals surface area contributed by atoms with E-state index in [1.54, 1.807) is 0 Å². The normalized spacial score (nSPS) is 12.7. The molecule has 1 heterocycles. The maximum absolute atomic E-state index is 11.1. The van der Waals surface area contributed by atoms with E-state index in [4.69, 9.17) is 0 Å². The Hall–Kier alpha value is -2.88. The highest BCUT2D eigenvalue weighted by Gasteiger charge is 2.20. The molecule has 0 radical (unpaired) electrons. The molecule has 116 valence electrons. The third-order valence-corrected chi connectivity index (χ3v) is 4.04. The summed E-state index contributed by atoms with van der Waals surface area (Å²) in [6.07, 6.45) is 3.86. The van der Waals surface area contributed by atoms with Crippen LogP contribution < -0.4 is 0 Å². The Kier molecular flexibility index (Phi) is 4.24. The van der Waals surface area contributed by atoms with Gasteiger partial charge in [-0.3, -0.25) is 10.1 Å². The molecule has 0 aliphatic carbocycles. The lowest BCUT2D eigenvalue weighted by Crippen LogP contribution is -2.11. The standard InChI is InChI=1S/C19H18N2O2/c1-14-17-9-5-6-10-18(17)20-19(14)16(13-21(22)23)12-11-15-7-3-2-4-8-15/h2-12,16,20H,13H2,1H3/b12-11+/t16-/m1/s1. The number of aromatic nitrogens is 1. The summed E-state index contributed by atoms with van der Waals surface area (Å²) in [6, 6.07) is 17.8. The summed E-state index contributed by atoms with van der Waals surface area (Å²) in [5.41, 5.74) is 4.04. The number of rotatable bonds is 5. The topological polar surface area (TPSA) is 58.9 Å². The van der Waals surface area contributed by atoms with E-state index in [0.29, 0.717) is 0 Å². The number of aromatic amines is 1. The maximum atomic E-state index is 11.1. The van der Waals surface area contributed by atoms with Gasteiger partial charge in [0.25, 0.3) is 0 Å². The third-order valence-electron chi connectivity index (χ3n) is 4.04. The van der Waals surface area contributed by atoms with Crippen molar-refractivity contribution in [3.8, 4) is 0 Å². The molecule has 0 amide bonds. The number of para-hydroxylation sites is 1. The number of nitro groups is 1. The zero-order chi connectivity index (χ0) is 16.2. The number of fused-ring (bicyclic) bond motifs is 1. The fourth-order valence-corrected chi connectivity index (χ4v) is 2.87. The van der Waals surface area contributed by atoms with Gasteiger partial charge >= 0.3 is 0 Å². The van der Waals surface area contributed by atoms with Crippen molar-refractivity contribution < 1.29 is 4.92 Å². The number of H-pyrrole nitrogens is 1. The van der Waals surface area contributed by atoms with Gasteiger partial charge in [-0.25, -0.2) is 0 Å². The molecule has 0 aliphatic heterocycles. The lowest BCUT2D eigenvalue weighted by molar-refractivity contribution is -0.481. The highest BCUT2D eigenvalue weighted by Crippen LogP contribution is 2.28. The van der Waals surface area contributed by atoms with Crippen LogP contribution in [-0.2, 0) is 0 Å². The van der Waals surface area contributed by atoms with E-state index in [2.05, 4.69) is 4.98 Å². The van der Waals surface area contributed by atoms with Crippen molar-refractivity contribution in [2.45, 2.75) is 12.8 Å². The fraction of sp³-hybridized carbons (Fsp3) is 0.158. The van der Waals surface area contributed by atoms with Gasteiger partial charge in [-0.05, 0) is 24.1 Å². The molecule has 0 unspecified atom stereocenters. The second-order valence-corrected chi connectivity index (χ2v) is 5.60. The van der Waals surface area contributed by atoms with Gasteiger partial charge in [0.1, 0.15) is 0 Å². The molecule has 2 aromatic carbocycles. The maximum Gasteiger partial charge on any atom is 0.215 e. The molecule has 1 N–H and O–H groups in total. The average Bonchev–Trinajstić information content (AvgIpc) is 2.89. The highest BCUT2D eigenvalue weighted by molar-refractivity contribution is 5.84. The Labute approximate surface area is 134 Å². The fourth-order valence-electron chi connectivity index (χ4n) is 2.87. The largest absolute Gasteiger partial charge is 0.357 e. The van der Waals surface area contributed by atoms with Gasteiger partial charge in [0.15, 0.2) is 0 Å². The van der Waals surface area contributed by atoms with Crippen molar-refractivity contribution in [2.24, 2.45) is 0 Å². The Morgan fingerprint density at radius 1 is 1.13 bits per heavy atom. The highest BCUT2D eigenvalue weighted by atomic mass is 16.6. The summed E-state index contributed by atoms with van der Waals surface area (Å²) in [4.78, 5) is 14.2. The van der Waals surface area contributed by atoms with Gasteiger partial charge in [0.2, 0.25) is 6.54 Å². The number of nitrogens with one attached hydrogen (secondary N) is 1. The van der Waals surface area contributed by atoms with Gasteiger partial charge in [0, 0.05) is 21.5 Å². The van der Waals surface area contributed by atoms with Crippen LogP contribution in [0.15, 0.2) is 60.7 Å². The van der Waals surface area contributed by atoms with Gasteiger partial charge in [0.05, 0.1) is 5.92 Å². The van der Waals surface area contributed by atoms with Crippen LogP contribution >= 0.6 is 0 Å². The molecule has 0 aliphatic rings. The van der Waals surface area contributed by atoms with Crippen molar-refractivity contribution >= 4 is 17.0 Å². The lowest BCUT2D eigenvalue weighted by Gasteiger charge is -2.08. The second-order valence-electron chi connectivity index (χ2n) is 5.60. The lowest BCUT2D eigenvalue weighted by atomic mass is 9.99. The minimum Gasteiger partial charge on any atom is -0.357 e. The molecule has 1 aromatic heterocycles. The molecule has 3 aromatic rings. The number of benzene rings is 2. The van der Waals surface area contributed by atoms with Crippen molar-refractivity contribution in [3.05, 3.63) is 87.6 Å². The molecular weight excluding hydrogens is 288 g/mol. The number of hydrogen-bond acceptors (Lipinski definition) is 2. The molecule has 4 heteroatoms. The zero-order valence-corrected chi connectivity index (χ0v) is 12.9. The molecule has 0 saturated carbocycles. The first-order valence-electron chi connectivity index (χ1n) is 7.57. The summed E-state index contributed by atoms with van der Waals surface area (Å²) in [5, 5.41) is 12.2. The first-order valence-corrected chi connectivity index (χ1v) is 7.57. The Balaban J connectivity index is 1.99. The summed E-state index contributed by atoms with van der Waals surface area (Å²) in [7, 11) is 0. The van der Waals surface area contributed by atoms with Crippen LogP contribution in [0.3, 0.4) is 0 Å². The van der Waals surface area contributed by atoms with Crippen LogP contribution in [0, 0.1) is 17.0 Å². The number of aryl methyl sites for hydroxylation is 1. The van der Waals surface area contributed by atoms with Crippen LogP contribution in [0.1, 0.15) is 22.7 Å². The van der Waals surface area contributed by atoms with Crippen molar-refractivity contribution in [1.82, 2.24) is 4.98 Å². The van der Waals surface area contributed by atoms with E-state index in [-0.39, 0.29) is 17.4 Å². The smallest absolute Gasteiger partial charge is 0.215 e. The SMILES string of the molecule is Cc1c([C@H](/C=C/c2ccccc2)C[N+](=O)[O-])[nH]c2ccccc12. The predicted octanol–water partition coefficient (Wildman–Crippen LogP) is 4.55. The second kappa shape index (κ2) is 6.48. The van der Waals surface area contributed by atoms with Crippen molar-refractivity contribution in [2.75, 3.05) is 6.54 Å². The van der Waals surface area contributed by atoms with E-state index >= 15 is 0 Å². The van der Waals surface area contributed by atoms with Crippen LogP contribution in [0.2, 0.25) is 0 Å². The average molecular weight is 306 g/mol. The van der Waals surface area contributed by atoms with E-state index in [1.165, 1.54) is 0 Å². The zero-order valence-electron chi connectivity index (χ0n) is 12.9. The monoisotopic (exact) mass is 306 g/mol. The van der Waals surface area contributed by atoms with Crippen molar-refractivity contribution in [1.29, 1.82) is 0 Å². The Bertz CT molecular complexity index is 850. The van der Waals surface area contributed by atoms with E-state index in [0.717, 1.165) is 27.7 Å². The molecule has 0 saturated heterocycles. The van der Waals surface area contributed by atoms with Gasteiger partial charge in [-0.1, -0.05) is 60.7 Å².